The third-order valence-electron chi connectivity index (χ3n) is 2.72. The van der Waals surface area contributed by atoms with Gasteiger partial charge < -0.3 is 15.2 Å². The molecule has 1 heterocycles. The average Bonchev–Trinajstić information content (AvgIpc) is 2.60. The fourth-order valence-electron chi connectivity index (χ4n) is 1.79. The van der Waals surface area contributed by atoms with Crippen LogP contribution in [-0.4, -0.2) is 36.2 Å². The number of hydrogen-bond acceptors (Lipinski definition) is 3. The van der Waals surface area contributed by atoms with Crippen molar-refractivity contribution < 1.29 is 19.4 Å². The van der Waals surface area contributed by atoms with Gasteiger partial charge in [-0.25, -0.2) is 0 Å². The van der Waals surface area contributed by atoms with Gasteiger partial charge in [0.15, 0.2) is 0 Å². The third-order valence-corrected chi connectivity index (χ3v) is 2.72. The Bertz CT molecular complexity index is 267. The van der Waals surface area contributed by atoms with Crippen LogP contribution in [0.5, 0.6) is 0 Å². The highest BCUT2D eigenvalue weighted by molar-refractivity contribution is 5.79. The van der Waals surface area contributed by atoms with Crippen LogP contribution in [0, 0.1) is 11.8 Å². The molecule has 0 spiro atoms. The Morgan fingerprint density at radius 2 is 2.25 bits per heavy atom. The maximum absolute atomic E-state index is 11.6. The molecule has 0 radical (unpaired) electrons. The van der Waals surface area contributed by atoms with Gasteiger partial charge in [0.05, 0.1) is 18.6 Å². The lowest BCUT2D eigenvalue weighted by atomic mass is 10.0. The number of carbonyl (C=O) groups is 2. The van der Waals surface area contributed by atoms with E-state index in [2.05, 4.69) is 5.32 Å². The highest BCUT2D eigenvalue weighted by atomic mass is 16.5. The molecule has 1 amide bonds. The second-order valence-corrected chi connectivity index (χ2v) is 4.52. The first-order valence-corrected chi connectivity index (χ1v) is 5.60. The molecule has 2 N–H and O–H groups in total. The highest BCUT2D eigenvalue weighted by Crippen LogP contribution is 2.18. The van der Waals surface area contributed by atoms with Gasteiger partial charge in [-0.2, -0.15) is 0 Å². The fourth-order valence-corrected chi connectivity index (χ4v) is 1.79. The van der Waals surface area contributed by atoms with Crippen molar-refractivity contribution in [3.8, 4) is 0 Å². The molecule has 0 aromatic heterocycles. The first-order chi connectivity index (χ1) is 7.49. The first kappa shape index (κ1) is 13.0. The minimum absolute atomic E-state index is 0.0263. The summed E-state index contributed by atoms with van der Waals surface area (Å²) in [5.74, 6) is -0.977. The van der Waals surface area contributed by atoms with E-state index in [1.54, 1.807) is 0 Å². The summed E-state index contributed by atoms with van der Waals surface area (Å²) in [6.07, 6.45) is 0.976. The van der Waals surface area contributed by atoms with Crippen LogP contribution in [0.15, 0.2) is 0 Å². The Labute approximate surface area is 95.2 Å². The molecular weight excluding hydrogens is 210 g/mol. The van der Waals surface area contributed by atoms with Crippen LogP contribution in [0.1, 0.15) is 26.7 Å². The summed E-state index contributed by atoms with van der Waals surface area (Å²) >= 11 is 0. The molecule has 0 aromatic carbocycles. The molecule has 16 heavy (non-hydrogen) atoms. The van der Waals surface area contributed by atoms with Crippen molar-refractivity contribution in [2.75, 3.05) is 13.2 Å². The van der Waals surface area contributed by atoms with Crippen molar-refractivity contribution in [2.45, 2.75) is 32.8 Å². The average molecular weight is 229 g/mol. The molecule has 92 valence electrons. The van der Waals surface area contributed by atoms with E-state index in [9.17, 15) is 9.59 Å². The second kappa shape index (κ2) is 5.84. The maximum Gasteiger partial charge on any atom is 0.303 e. The van der Waals surface area contributed by atoms with Gasteiger partial charge in [0.2, 0.25) is 5.91 Å². The van der Waals surface area contributed by atoms with Crippen LogP contribution in [0.3, 0.4) is 0 Å². The molecule has 1 rings (SSSR count). The SMILES string of the molecule is CC(CNC(=O)C1COC(C)C1)CC(=O)O. The standard InChI is InChI=1S/C11H19NO4/c1-7(3-10(13)14)5-12-11(15)9-4-8(2)16-6-9/h7-9H,3-6H2,1-2H3,(H,12,15)(H,13,14). The molecule has 5 nitrogen and oxygen atoms in total. The number of aliphatic carboxylic acids is 1. The van der Waals surface area contributed by atoms with Crippen molar-refractivity contribution in [2.24, 2.45) is 11.8 Å². The monoisotopic (exact) mass is 229 g/mol. The summed E-state index contributed by atoms with van der Waals surface area (Å²) < 4.78 is 5.30. The van der Waals surface area contributed by atoms with E-state index in [0.717, 1.165) is 6.42 Å². The predicted octanol–water partition coefficient (Wildman–Crippen LogP) is 0.638. The lowest BCUT2D eigenvalue weighted by Gasteiger charge is -2.12. The van der Waals surface area contributed by atoms with E-state index in [-0.39, 0.29) is 30.3 Å². The van der Waals surface area contributed by atoms with Crippen LogP contribution < -0.4 is 5.32 Å². The number of nitrogens with one attached hydrogen (secondary N) is 1. The van der Waals surface area contributed by atoms with Crippen LogP contribution in [0.4, 0.5) is 0 Å². The molecular formula is C11H19NO4. The number of hydrogen-bond donors (Lipinski definition) is 2. The molecule has 3 unspecified atom stereocenters. The summed E-state index contributed by atoms with van der Waals surface area (Å²) in [6.45, 7) is 4.64. The van der Waals surface area contributed by atoms with E-state index in [1.807, 2.05) is 13.8 Å². The molecule has 1 aliphatic rings. The molecule has 1 aliphatic heterocycles. The van der Waals surface area contributed by atoms with Crippen molar-refractivity contribution in [1.82, 2.24) is 5.32 Å². The van der Waals surface area contributed by atoms with E-state index >= 15 is 0 Å². The zero-order valence-corrected chi connectivity index (χ0v) is 9.73. The molecule has 5 heteroatoms. The summed E-state index contributed by atoms with van der Waals surface area (Å²) in [6, 6.07) is 0. The summed E-state index contributed by atoms with van der Waals surface area (Å²) in [5, 5.41) is 11.3. The van der Waals surface area contributed by atoms with Gasteiger partial charge in [-0.3, -0.25) is 9.59 Å². The third kappa shape index (κ3) is 4.18. The van der Waals surface area contributed by atoms with Crippen LogP contribution >= 0.6 is 0 Å². The Morgan fingerprint density at radius 3 is 2.75 bits per heavy atom. The van der Waals surface area contributed by atoms with Crippen molar-refractivity contribution >= 4 is 11.9 Å². The normalized spacial score (nSPS) is 26.4. The maximum atomic E-state index is 11.6. The van der Waals surface area contributed by atoms with Crippen LogP contribution in [-0.2, 0) is 14.3 Å². The largest absolute Gasteiger partial charge is 0.481 e. The Kier molecular flexibility index (Phi) is 4.73. The lowest BCUT2D eigenvalue weighted by Crippen LogP contribution is -2.34. The molecule has 1 saturated heterocycles. The van der Waals surface area contributed by atoms with Gasteiger partial charge in [-0.05, 0) is 19.3 Å². The zero-order chi connectivity index (χ0) is 12.1. The highest BCUT2D eigenvalue weighted by Gasteiger charge is 2.28. The number of carboxylic acid groups (broad SMARTS) is 1. The smallest absolute Gasteiger partial charge is 0.303 e. The molecule has 0 saturated carbocycles. The first-order valence-electron chi connectivity index (χ1n) is 5.60. The summed E-state index contributed by atoms with van der Waals surface area (Å²) in [5.41, 5.74) is 0. The van der Waals surface area contributed by atoms with E-state index < -0.39 is 5.97 Å². The van der Waals surface area contributed by atoms with Gasteiger partial charge in [-0.1, -0.05) is 6.92 Å². The molecule has 0 bridgehead atoms. The minimum Gasteiger partial charge on any atom is -0.481 e. The number of ether oxygens (including phenoxy) is 1. The van der Waals surface area contributed by atoms with Crippen LogP contribution in [0.25, 0.3) is 0 Å². The Hall–Kier alpha value is -1.10. The summed E-state index contributed by atoms with van der Waals surface area (Å²) in [4.78, 5) is 22.1. The van der Waals surface area contributed by atoms with Gasteiger partial charge in [0.25, 0.3) is 0 Å². The predicted molar refractivity (Wildman–Crippen MR) is 57.9 cm³/mol. The van der Waals surface area contributed by atoms with Gasteiger partial charge in [0.1, 0.15) is 0 Å². The molecule has 0 aromatic rings. The molecule has 0 aliphatic carbocycles. The molecule has 3 atom stereocenters. The number of carbonyl (C=O) groups excluding carboxylic acids is 1. The zero-order valence-electron chi connectivity index (χ0n) is 9.73. The van der Waals surface area contributed by atoms with E-state index in [4.69, 9.17) is 9.84 Å². The quantitative estimate of drug-likeness (QED) is 0.725. The molecule has 1 fully saturated rings. The second-order valence-electron chi connectivity index (χ2n) is 4.52. The number of rotatable bonds is 5. The van der Waals surface area contributed by atoms with E-state index in [1.165, 1.54) is 0 Å². The number of carboxylic acids is 1. The lowest BCUT2D eigenvalue weighted by molar-refractivity contribution is -0.138. The topological polar surface area (TPSA) is 75.6 Å². The fraction of sp³-hybridized carbons (Fsp3) is 0.818. The minimum atomic E-state index is -0.834. The van der Waals surface area contributed by atoms with Crippen molar-refractivity contribution in [1.29, 1.82) is 0 Å². The summed E-state index contributed by atoms with van der Waals surface area (Å²) in [7, 11) is 0. The Morgan fingerprint density at radius 1 is 1.56 bits per heavy atom. The van der Waals surface area contributed by atoms with Gasteiger partial charge >= 0.3 is 5.97 Å². The van der Waals surface area contributed by atoms with Crippen LogP contribution in [0.2, 0.25) is 0 Å². The van der Waals surface area contributed by atoms with Crippen molar-refractivity contribution in [3.63, 3.8) is 0 Å². The number of amides is 1. The van der Waals surface area contributed by atoms with E-state index in [0.29, 0.717) is 13.2 Å². The van der Waals surface area contributed by atoms with Gasteiger partial charge in [-0.15, -0.1) is 0 Å². The van der Waals surface area contributed by atoms with Gasteiger partial charge in [0, 0.05) is 13.0 Å². The Balaban J connectivity index is 2.22. The van der Waals surface area contributed by atoms with Crippen molar-refractivity contribution in [3.05, 3.63) is 0 Å².